The molecule has 0 radical (unpaired) electrons. The summed E-state index contributed by atoms with van der Waals surface area (Å²) in [5, 5.41) is 16.4. The summed E-state index contributed by atoms with van der Waals surface area (Å²) in [6.45, 7) is 2.03. The van der Waals surface area contributed by atoms with Gasteiger partial charge in [0.25, 0.3) is 0 Å². The number of rotatable bonds is 8. The summed E-state index contributed by atoms with van der Waals surface area (Å²) >= 11 is 2.98. The minimum absolute atomic E-state index is 0.546. The molecule has 0 atom stereocenters. The molecule has 0 unspecified atom stereocenters. The van der Waals surface area contributed by atoms with E-state index in [1.165, 1.54) is 23.1 Å². The fourth-order valence-electron chi connectivity index (χ4n) is 2.68. The van der Waals surface area contributed by atoms with E-state index >= 15 is 0 Å². The van der Waals surface area contributed by atoms with Gasteiger partial charge < -0.3 is 14.6 Å². The summed E-state index contributed by atoms with van der Waals surface area (Å²) in [7, 11) is 1.65. The number of hydrogen-bond donors (Lipinski definition) is 1. The molecule has 1 N–H and O–H groups in total. The van der Waals surface area contributed by atoms with Crippen LogP contribution in [0.5, 0.6) is 5.75 Å². The number of nitrogens with one attached hydrogen (secondary N) is 1. The Morgan fingerprint density at radius 2 is 2.00 bits per heavy atom. The Balaban J connectivity index is 1.35. The number of nitrogens with zero attached hydrogens (tertiary/aromatic N) is 4. The van der Waals surface area contributed by atoms with Crippen LogP contribution < -0.4 is 10.1 Å². The number of ether oxygens (including phenoxy) is 1. The van der Waals surface area contributed by atoms with Crippen molar-refractivity contribution in [2.24, 2.45) is 0 Å². The van der Waals surface area contributed by atoms with E-state index < -0.39 is 0 Å². The second kappa shape index (κ2) is 9.06. The zero-order valence-electron chi connectivity index (χ0n) is 16.0. The maximum atomic E-state index is 5.39. The number of benzene rings is 2. The first-order valence-electron chi connectivity index (χ1n) is 8.93. The monoisotopic (exact) mass is 425 g/mol. The second-order valence-electron chi connectivity index (χ2n) is 6.26. The van der Waals surface area contributed by atoms with E-state index in [-0.39, 0.29) is 0 Å². The highest BCUT2D eigenvalue weighted by Gasteiger charge is 2.12. The van der Waals surface area contributed by atoms with Gasteiger partial charge in [-0.2, -0.15) is 4.98 Å². The van der Waals surface area contributed by atoms with Gasteiger partial charge in [0.05, 0.1) is 18.6 Å². The summed E-state index contributed by atoms with van der Waals surface area (Å²) in [4.78, 5) is 4.45. The number of anilines is 2. The van der Waals surface area contributed by atoms with Gasteiger partial charge in [-0.1, -0.05) is 64.7 Å². The Kier molecular flexibility index (Phi) is 6.06. The number of aryl methyl sites for hydroxylation is 1. The van der Waals surface area contributed by atoms with E-state index in [0.29, 0.717) is 29.0 Å². The van der Waals surface area contributed by atoms with Crippen molar-refractivity contribution in [1.29, 1.82) is 0 Å². The van der Waals surface area contributed by atoms with Gasteiger partial charge in [0.15, 0.2) is 10.2 Å². The van der Waals surface area contributed by atoms with E-state index in [0.717, 1.165) is 26.9 Å². The summed E-state index contributed by atoms with van der Waals surface area (Å²) in [6.07, 6.45) is 0.653. The lowest BCUT2D eigenvalue weighted by Crippen LogP contribution is -1.94. The zero-order valence-corrected chi connectivity index (χ0v) is 17.6. The largest absolute Gasteiger partial charge is 0.495 e. The summed E-state index contributed by atoms with van der Waals surface area (Å²) in [6, 6.07) is 16.0. The van der Waals surface area contributed by atoms with Gasteiger partial charge in [0.2, 0.25) is 11.0 Å². The van der Waals surface area contributed by atoms with Gasteiger partial charge in [0.1, 0.15) is 5.75 Å². The average molecular weight is 426 g/mol. The van der Waals surface area contributed by atoms with Crippen LogP contribution in [0.15, 0.2) is 57.4 Å². The molecule has 4 rings (SSSR count). The Labute approximate surface area is 176 Å². The first-order valence-corrected chi connectivity index (χ1v) is 10.7. The highest BCUT2D eigenvalue weighted by Crippen LogP contribution is 2.33. The maximum absolute atomic E-state index is 5.39. The lowest BCUT2D eigenvalue weighted by molar-refractivity contribution is 0.386. The van der Waals surface area contributed by atoms with Crippen molar-refractivity contribution in [3.63, 3.8) is 0 Å². The van der Waals surface area contributed by atoms with Crippen molar-refractivity contribution in [2.45, 2.75) is 23.4 Å². The van der Waals surface area contributed by atoms with Crippen molar-refractivity contribution in [3.05, 3.63) is 71.4 Å². The topological polar surface area (TPSA) is 86.0 Å². The van der Waals surface area contributed by atoms with Gasteiger partial charge in [-0.15, -0.1) is 10.2 Å². The van der Waals surface area contributed by atoms with Gasteiger partial charge >= 0.3 is 0 Å². The third kappa shape index (κ3) is 5.12. The van der Waals surface area contributed by atoms with Gasteiger partial charge in [-0.3, -0.25) is 0 Å². The predicted molar refractivity (Wildman–Crippen MR) is 114 cm³/mol. The van der Waals surface area contributed by atoms with Gasteiger partial charge in [0, 0.05) is 6.42 Å². The fourth-order valence-corrected chi connectivity index (χ4v) is 4.28. The van der Waals surface area contributed by atoms with Crippen LogP contribution in [0.2, 0.25) is 0 Å². The molecule has 9 heteroatoms. The summed E-state index contributed by atoms with van der Waals surface area (Å²) < 4.78 is 11.6. The normalized spacial score (nSPS) is 10.8. The van der Waals surface area contributed by atoms with Gasteiger partial charge in [-0.05, 0) is 30.2 Å². The van der Waals surface area contributed by atoms with E-state index in [9.17, 15) is 0 Å². The standard InChI is InChI=1S/C20H19N5O2S2/c1-13-8-9-16(26-2)15(10-13)21-19-23-24-20(29-19)28-12-18-22-17(25-27-18)11-14-6-4-3-5-7-14/h3-10H,11-12H2,1-2H3,(H,21,23). The van der Waals surface area contributed by atoms with Crippen molar-refractivity contribution >= 4 is 33.9 Å². The molecule has 2 aromatic carbocycles. The zero-order chi connectivity index (χ0) is 20.1. The van der Waals surface area contributed by atoms with Crippen molar-refractivity contribution in [2.75, 3.05) is 12.4 Å². The van der Waals surface area contributed by atoms with Crippen LogP contribution in [0, 0.1) is 6.92 Å². The van der Waals surface area contributed by atoms with E-state index in [1.807, 2.05) is 55.5 Å². The van der Waals surface area contributed by atoms with Crippen molar-refractivity contribution in [1.82, 2.24) is 20.3 Å². The molecule has 0 saturated carbocycles. The summed E-state index contributed by atoms with van der Waals surface area (Å²) in [5.74, 6) is 2.56. The van der Waals surface area contributed by atoms with Crippen molar-refractivity contribution in [3.8, 4) is 5.75 Å². The second-order valence-corrected chi connectivity index (χ2v) is 8.46. The molecule has 0 spiro atoms. The molecule has 7 nitrogen and oxygen atoms in total. The first-order chi connectivity index (χ1) is 14.2. The maximum Gasteiger partial charge on any atom is 0.237 e. The molecule has 0 aliphatic rings. The smallest absolute Gasteiger partial charge is 0.237 e. The molecule has 0 aliphatic carbocycles. The van der Waals surface area contributed by atoms with Crippen LogP contribution >= 0.6 is 23.1 Å². The molecule has 0 aliphatic heterocycles. The van der Waals surface area contributed by atoms with E-state index in [4.69, 9.17) is 9.26 Å². The van der Waals surface area contributed by atoms with E-state index in [2.05, 4.69) is 25.7 Å². The molecule has 148 valence electrons. The van der Waals surface area contributed by atoms with Crippen LogP contribution in [0.3, 0.4) is 0 Å². The highest BCUT2D eigenvalue weighted by molar-refractivity contribution is 8.00. The quantitative estimate of drug-likeness (QED) is 0.400. The van der Waals surface area contributed by atoms with E-state index in [1.54, 1.807) is 7.11 Å². The molecule has 2 heterocycles. The van der Waals surface area contributed by atoms with Crippen LogP contribution in [-0.4, -0.2) is 27.4 Å². The predicted octanol–water partition coefficient (Wildman–Crippen LogP) is 4.86. The first kappa shape index (κ1) is 19.4. The molecule has 0 amide bonds. The third-order valence-corrected chi connectivity index (χ3v) is 5.99. The van der Waals surface area contributed by atoms with Crippen LogP contribution in [-0.2, 0) is 12.2 Å². The Hall–Kier alpha value is -2.91. The molecule has 0 saturated heterocycles. The van der Waals surface area contributed by atoms with Crippen LogP contribution in [0.1, 0.15) is 22.8 Å². The molecule has 2 aromatic heterocycles. The minimum atomic E-state index is 0.546. The van der Waals surface area contributed by atoms with Gasteiger partial charge in [-0.25, -0.2) is 0 Å². The lowest BCUT2D eigenvalue weighted by Gasteiger charge is -2.09. The lowest BCUT2D eigenvalue weighted by atomic mass is 10.1. The molecule has 29 heavy (non-hydrogen) atoms. The molecule has 0 fully saturated rings. The van der Waals surface area contributed by atoms with Crippen LogP contribution in [0.25, 0.3) is 0 Å². The third-order valence-electron chi connectivity index (χ3n) is 4.04. The number of aromatic nitrogens is 4. The molecular weight excluding hydrogens is 406 g/mol. The fraction of sp³-hybridized carbons (Fsp3) is 0.200. The highest BCUT2D eigenvalue weighted by atomic mass is 32.2. The molecule has 0 bridgehead atoms. The Morgan fingerprint density at radius 1 is 1.14 bits per heavy atom. The Morgan fingerprint density at radius 3 is 2.83 bits per heavy atom. The Bertz CT molecular complexity index is 1080. The van der Waals surface area contributed by atoms with Crippen LogP contribution in [0.4, 0.5) is 10.8 Å². The number of hydrogen-bond acceptors (Lipinski definition) is 9. The average Bonchev–Trinajstić information content (AvgIpc) is 3.37. The number of methoxy groups -OCH3 is 1. The molecular formula is C20H19N5O2S2. The van der Waals surface area contributed by atoms with Crippen molar-refractivity contribution < 1.29 is 9.26 Å². The summed E-state index contributed by atoms with van der Waals surface area (Å²) in [5.41, 5.74) is 3.15. The SMILES string of the molecule is COc1ccc(C)cc1Nc1nnc(SCc2nc(Cc3ccccc3)no2)s1. The number of thioether (sulfide) groups is 1. The molecule has 4 aromatic rings. The minimum Gasteiger partial charge on any atom is -0.495 e.